The number of nitrogens with two attached hydrogens (primary N) is 1. The van der Waals surface area contributed by atoms with Crippen LogP contribution in [0, 0.1) is 5.92 Å². The van der Waals surface area contributed by atoms with E-state index in [1.807, 2.05) is 42.5 Å². The van der Waals surface area contributed by atoms with Crippen molar-refractivity contribution in [3.05, 3.63) is 76.9 Å². The molecule has 1 aliphatic heterocycles. The van der Waals surface area contributed by atoms with E-state index in [4.69, 9.17) is 34.2 Å². The minimum absolute atomic E-state index is 0.145. The predicted molar refractivity (Wildman–Crippen MR) is 138 cm³/mol. The summed E-state index contributed by atoms with van der Waals surface area (Å²) in [5.41, 5.74) is 10.2. The van der Waals surface area contributed by atoms with Crippen molar-refractivity contribution >= 4 is 17.6 Å². The molecule has 1 heterocycles. The van der Waals surface area contributed by atoms with Crippen molar-refractivity contribution in [3.63, 3.8) is 0 Å². The Morgan fingerprint density at radius 1 is 0.921 bits per heavy atom. The molecule has 1 aliphatic carbocycles. The predicted octanol–water partition coefficient (Wildman–Crippen LogP) is 4.01. The van der Waals surface area contributed by atoms with Crippen LogP contribution in [0.3, 0.4) is 0 Å². The Bertz CT molecular complexity index is 1370. The number of esters is 2. The molecule has 0 bridgehead atoms. The number of fused-ring (bicyclic) bond motifs is 2. The number of nitrogen functional groups attached to an aromatic ring is 1. The van der Waals surface area contributed by atoms with E-state index in [0.29, 0.717) is 34.2 Å². The van der Waals surface area contributed by atoms with E-state index in [1.165, 1.54) is 7.11 Å². The van der Waals surface area contributed by atoms with Crippen molar-refractivity contribution < 1.29 is 38.0 Å². The van der Waals surface area contributed by atoms with Gasteiger partial charge in [0.1, 0.15) is 11.5 Å². The lowest BCUT2D eigenvalue weighted by atomic mass is 9.79. The Labute approximate surface area is 220 Å². The van der Waals surface area contributed by atoms with Crippen LogP contribution in [0.1, 0.15) is 41.0 Å². The third-order valence-electron chi connectivity index (χ3n) is 6.93. The highest BCUT2D eigenvalue weighted by Gasteiger charge is 2.48. The standard InChI is InChI=1S/C29H29NO8/c1-4-35-25(31)14-36-23-13-18(33-2)7-9-20(23)27-21-12-17(30)6-8-19(21)26(28(27)29(32)34-3)16-5-10-22-24(11-16)38-15-37-22/h5-13,26-28H,4,14-15,30H2,1-3H3/t26-,27+,28-/m0/s1. The molecule has 3 aromatic rings. The molecule has 0 unspecified atom stereocenters. The molecule has 0 spiro atoms. The molecule has 2 aliphatic rings. The molecule has 9 nitrogen and oxygen atoms in total. The first kappa shape index (κ1) is 25.3. The lowest BCUT2D eigenvalue weighted by molar-refractivity contribution is -0.147. The van der Waals surface area contributed by atoms with E-state index >= 15 is 0 Å². The second-order valence-corrected chi connectivity index (χ2v) is 9.00. The molecular formula is C29H29NO8. The fourth-order valence-corrected chi connectivity index (χ4v) is 5.35. The fourth-order valence-electron chi connectivity index (χ4n) is 5.35. The minimum Gasteiger partial charge on any atom is -0.497 e. The Hall–Kier alpha value is -4.40. The number of rotatable bonds is 8. The molecule has 198 valence electrons. The van der Waals surface area contributed by atoms with Crippen LogP contribution in [0.15, 0.2) is 54.6 Å². The smallest absolute Gasteiger partial charge is 0.344 e. The summed E-state index contributed by atoms with van der Waals surface area (Å²) in [7, 11) is 2.92. The van der Waals surface area contributed by atoms with Gasteiger partial charge in [-0.05, 0) is 53.9 Å². The van der Waals surface area contributed by atoms with Gasteiger partial charge in [-0.1, -0.05) is 18.2 Å². The molecule has 0 radical (unpaired) electrons. The van der Waals surface area contributed by atoms with Gasteiger partial charge < -0.3 is 34.2 Å². The zero-order valence-corrected chi connectivity index (χ0v) is 21.4. The molecule has 0 amide bonds. The molecule has 9 heteroatoms. The Morgan fingerprint density at radius 3 is 2.47 bits per heavy atom. The number of hydrogen-bond donors (Lipinski definition) is 1. The lowest BCUT2D eigenvalue weighted by Gasteiger charge is -2.26. The largest absolute Gasteiger partial charge is 0.497 e. The molecule has 38 heavy (non-hydrogen) atoms. The van der Waals surface area contributed by atoms with Crippen LogP contribution in [0.25, 0.3) is 0 Å². The van der Waals surface area contributed by atoms with Crippen molar-refractivity contribution in [2.24, 2.45) is 5.92 Å². The molecule has 3 atom stereocenters. The summed E-state index contributed by atoms with van der Waals surface area (Å²) in [4.78, 5) is 25.6. The molecule has 0 saturated heterocycles. The average molecular weight is 520 g/mol. The summed E-state index contributed by atoms with van der Waals surface area (Å²) >= 11 is 0. The third-order valence-corrected chi connectivity index (χ3v) is 6.93. The normalized spacial score (nSPS) is 19.0. The number of benzene rings is 3. The summed E-state index contributed by atoms with van der Waals surface area (Å²) in [5, 5.41) is 0. The Kier molecular flexibility index (Phi) is 7.00. The van der Waals surface area contributed by atoms with E-state index in [-0.39, 0.29) is 31.9 Å². The van der Waals surface area contributed by atoms with Gasteiger partial charge in [-0.15, -0.1) is 0 Å². The van der Waals surface area contributed by atoms with Crippen LogP contribution in [0.2, 0.25) is 0 Å². The van der Waals surface area contributed by atoms with Gasteiger partial charge in [-0.3, -0.25) is 4.79 Å². The second-order valence-electron chi connectivity index (χ2n) is 9.00. The number of anilines is 1. The average Bonchev–Trinajstić information content (AvgIpc) is 3.53. The second kappa shape index (κ2) is 10.5. The maximum Gasteiger partial charge on any atom is 0.344 e. The summed E-state index contributed by atoms with van der Waals surface area (Å²) in [6, 6.07) is 16.7. The van der Waals surface area contributed by atoms with Crippen molar-refractivity contribution in [1.29, 1.82) is 0 Å². The SMILES string of the molecule is CCOC(=O)COc1cc(OC)ccc1[C@@H]1c2cc(N)ccc2[C@H](c2ccc3c(c2)OCO3)[C@@H]1C(=O)OC. The van der Waals surface area contributed by atoms with Gasteiger partial charge in [0.05, 0.1) is 26.7 Å². The number of methoxy groups -OCH3 is 2. The van der Waals surface area contributed by atoms with Crippen LogP contribution >= 0.6 is 0 Å². The molecule has 0 saturated carbocycles. The first-order chi connectivity index (χ1) is 18.4. The van der Waals surface area contributed by atoms with Gasteiger partial charge in [-0.2, -0.15) is 0 Å². The molecule has 0 aromatic heterocycles. The quantitative estimate of drug-likeness (QED) is 0.348. The van der Waals surface area contributed by atoms with Crippen LogP contribution < -0.4 is 24.7 Å². The zero-order chi connectivity index (χ0) is 26.8. The van der Waals surface area contributed by atoms with E-state index in [9.17, 15) is 9.59 Å². The first-order valence-electron chi connectivity index (χ1n) is 12.3. The van der Waals surface area contributed by atoms with Crippen molar-refractivity contribution in [3.8, 4) is 23.0 Å². The highest BCUT2D eigenvalue weighted by atomic mass is 16.7. The maximum absolute atomic E-state index is 13.5. The third kappa shape index (κ3) is 4.55. The number of hydrogen-bond acceptors (Lipinski definition) is 9. The Morgan fingerprint density at radius 2 is 1.71 bits per heavy atom. The van der Waals surface area contributed by atoms with Crippen LogP contribution in [-0.4, -0.2) is 46.2 Å². The van der Waals surface area contributed by atoms with E-state index in [2.05, 4.69) is 0 Å². The van der Waals surface area contributed by atoms with Crippen molar-refractivity contribution in [2.45, 2.75) is 18.8 Å². The number of ether oxygens (including phenoxy) is 6. The topological polar surface area (TPSA) is 116 Å². The summed E-state index contributed by atoms with van der Waals surface area (Å²) in [6.07, 6.45) is 0. The first-order valence-corrected chi connectivity index (χ1v) is 12.3. The van der Waals surface area contributed by atoms with Gasteiger partial charge >= 0.3 is 11.9 Å². The summed E-state index contributed by atoms with van der Waals surface area (Å²) in [6.45, 7) is 1.82. The molecule has 5 rings (SSSR count). The Balaban J connectivity index is 1.66. The highest BCUT2D eigenvalue weighted by molar-refractivity contribution is 5.80. The molecular weight excluding hydrogens is 490 g/mol. The van der Waals surface area contributed by atoms with E-state index < -0.39 is 17.8 Å². The summed E-state index contributed by atoms with van der Waals surface area (Å²) in [5.74, 6) is -0.182. The maximum atomic E-state index is 13.5. The monoisotopic (exact) mass is 519 g/mol. The summed E-state index contributed by atoms with van der Waals surface area (Å²) < 4.78 is 32.8. The number of carbonyl (C=O) groups excluding carboxylic acids is 2. The van der Waals surface area contributed by atoms with Gasteiger partial charge in [0.2, 0.25) is 6.79 Å². The molecule has 0 fully saturated rings. The van der Waals surface area contributed by atoms with Crippen molar-refractivity contribution in [2.75, 3.05) is 40.0 Å². The minimum atomic E-state index is -0.657. The van der Waals surface area contributed by atoms with Crippen LogP contribution in [0.4, 0.5) is 5.69 Å². The van der Waals surface area contributed by atoms with Gasteiger partial charge in [-0.25, -0.2) is 4.79 Å². The van der Waals surface area contributed by atoms with Crippen molar-refractivity contribution in [1.82, 2.24) is 0 Å². The number of carbonyl (C=O) groups is 2. The van der Waals surface area contributed by atoms with Crippen LogP contribution in [0.5, 0.6) is 23.0 Å². The molecule has 3 aromatic carbocycles. The zero-order valence-electron chi connectivity index (χ0n) is 21.4. The lowest BCUT2D eigenvalue weighted by Crippen LogP contribution is -2.26. The van der Waals surface area contributed by atoms with Crippen LogP contribution in [-0.2, 0) is 19.1 Å². The fraction of sp³-hybridized carbons (Fsp3) is 0.310. The van der Waals surface area contributed by atoms with Gasteiger partial charge in [0.15, 0.2) is 18.1 Å². The van der Waals surface area contributed by atoms with E-state index in [0.717, 1.165) is 16.7 Å². The highest BCUT2D eigenvalue weighted by Crippen LogP contribution is 2.56. The van der Waals surface area contributed by atoms with Gasteiger partial charge in [0, 0.05) is 29.2 Å². The van der Waals surface area contributed by atoms with Gasteiger partial charge in [0.25, 0.3) is 0 Å². The molecule has 2 N–H and O–H groups in total. The van der Waals surface area contributed by atoms with E-state index in [1.54, 1.807) is 26.2 Å².